The first-order chi connectivity index (χ1) is 13.2. The number of nitro groups is 2. The first-order valence-electron chi connectivity index (χ1n) is 7.42. The number of nitrogens with zero attached hydrogens (tertiary/aromatic N) is 2. The highest BCUT2D eigenvalue weighted by Crippen LogP contribution is 2.47. The van der Waals surface area contributed by atoms with Gasteiger partial charge in [-0.3, -0.25) is 24.8 Å². The van der Waals surface area contributed by atoms with Gasteiger partial charge < -0.3 is 18.5 Å². The molecule has 11 nitrogen and oxygen atoms in total. The molecule has 0 aromatic heterocycles. The third-order valence-corrected chi connectivity index (χ3v) is 5.20. The van der Waals surface area contributed by atoms with Gasteiger partial charge in [0.15, 0.2) is 6.35 Å². The van der Waals surface area contributed by atoms with Crippen molar-refractivity contribution >= 4 is 30.6 Å². The second-order valence-electron chi connectivity index (χ2n) is 5.11. The van der Waals surface area contributed by atoms with Crippen molar-refractivity contribution in [3.05, 3.63) is 61.6 Å². The van der Waals surface area contributed by atoms with Gasteiger partial charge in [-0.05, 0) is 18.2 Å². The number of halogens is 1. The van der Waals surface area contributed by atoms with E-state index in [1.54, 1.807) is 0 Å². The van der Waals surface area contributed by atoms with Crippen LogP contribution in [0.3, 0.4) is 0 Å². The maximum Gasteiger partial charge on any atom is 0.367 e. The highest BCUT2D eigenvalue weighted by molar-refractivity contribution is 7.53. The molecule has 0 N–H and O–H groups in total. The van der Waals surface area contributed by atoms with Crippen molar-refractivity contribution in [2.24, 2.45) is 0 Å². The molecule has 2 rings (SSSR count). The van der Waals surface area contributed by atoms with E-state index in [0.29, 0.717) is 0 Å². The van der Waals surface area contributed by atoms with Crippen LogP contribution in [0.4, 0.5) is 11.4 Å². The lowest BCUT2D eigenvalue weighted by atomic mass is 10.2. The Kier molecular flexibility index (Phi) is 6.92. The Morgan fingerprint density at radius 2 is 1.61 bits per heavy atom. The zero-order valence-corrected chi connectivity index (χ0v) is 16.2. The fraction of sp³-hybridized carbons (Fsp3) is 0.200. The molecule has 0 aliphatic rings. The molecule has 0 amide bonds. The summed E-state index contributed by atoms with van der Waals surface area (Å²) >= 11 is 5.75. The van der Waals surface area contributed by atoms with Gasteiger partial charge in [-0.15, -0.1) is 0 Å². The summed E-state index contributed by atoms with van der Waals surface area (Å²) in [7, 11) is -1.31. The van der Waals surface area contributed by atoms with Crippen LogP contribution < -0.4 is 9.47 Å². The molecule has 0 unspecified atom stereocenters. The number of ether oxygens (including phenoxy) is 2. The topological polar surface area (TPSA) is 140 Å². The molecule has 13 heteroatoms. The van der Waals surface area contributed by atoms with E-state index < -0.39 is 35.2 Å². The van der Waals surface area contributed by atoms with E-state index in [0.717, 1.165) is 32.4 Å². The average molecular weight is 433 g/mol. The van der Waals surface area contributed by atoms with Crippen molar-refractivity contribution in [2.75, 3.05) is 20.6 Å². The molecule has 2 aromatic carbocycles. The van der Waals surface area contributed by atoms with Gasteiger partial charge in [0.25, 0.3) is 0 Å². The summed E-state index contributed by atoms with van der Waals surface area (Å²) in [5, 5.41) is 22.5. The molecule has 0 spiro atoms. The molecule has 0 atom stereocenters. The summed E-state index contributed by atoms with van der Waals surface area (Å²) in [6.45, 7) is 0. The normalized spacial score (nSPS) is 11.1. The second kappa shape index (κ2) is 8.98. The Bertz CT molecular complexity index is 945. The van der Waals surface area contributed by atoms with Gasteiger partial charge in [0, 0.05) is 37.4 Å². The lowest BCUT2D eigenvalue weighted by Gasteiger charge is -2.15. The third-order valence-electron chi connectivity index (χ3n) is 3.41. The van der Waals surface area contributed by atoms with Gasteiger partial charge in [-0.1, -0.05) is 11.6 Å². The quantitative estimate of drug-likeness (QED) is 0.311. The van der Waals surface area contributed by atoms with Gasteiger partial charge in [-0.25, -0.2) is 0 Å². The second-order valence-corrected chi connectivity index (χ2v) is 7.75. The highest BCUT2D eigenvalue weighted by atomic mass is 35.5. The predicted molar refractivity (Wildman–Crippen MR) is 98.4 cm³/mol. The SMILES string of the molecule is COP(=O)(COc1cc(Oc2ccc(Cl)cc2[N+](=O)[O-])ccc1[N+](=O)[O-])OC. The number of hydrogen-bond donors (Lipinski definition) is 0. The molecule has 0 aliphatic heterocycles. The monoisotopic (exact) mass is 432 g/mol. The first-order valence-corrected chi connectivity index (χ1v) is 9.53. The molecule has 0 radical (unpaired) electrons. The van der Waals surface area contributed by atoms with Crippen LogP contribution in [0.1, 0.15) is 0 Å². The maximum absolute atomic E-state index is 12.1. The van der Waals surface area contributed by atoms with Gasteiger partial charge in [-0.2, -0.15) is 0 Å². The summed E-state index contributed by atoms with van der Waals surface area (Å²) in [4.78, 5) is 20.9. The Labute approximate surface area is 163 Å². The van der Waals surface area contributed by atoms with Crippen LogP contribution in [-0.4, -0.2) is 30.4 Å². The van der Waals surface area contributed by atoms with E-state index in [1.165, 1.54) is 18.2 Å². The van der Waals surface area contributed by atoms with Gasteiger partial charge >= 0.3 is 19.0 Å². The smallest absolute Gasteiger partial charge is 0.367 e. The summed E-state index contributed by atoms with van der Waals surface area (Å²) < 4.78 is 32.2. The number of benzene rings is 2. The van der Waals surface area contributed by atoms with E-state index in [1.807, 2.05) is 0 Å². The van der Waals surface area contributed by atoms with Crippen LogP contribution in [0.15, 0.2) is 36.4 Å². The minimum atomic E-state index is -3.59. The minimum absolute atomic E-state index is 0.00990. The number of nitro benzene ring substituents is 2. The minimum Gasteiger partial charge on any atom is -0.474 e. The molecule has 0 heterocycles. The zero-order valence-electron chi connectivity index (χ0n) is 14.6. The number of rotatable bonds is 9. The Morgan fingerprint density at radius 1 is 0.964 bits per heavy atom. The maximum atomic E-state index is 12.1. The van der Waals surface area contributed by atoms with Crippen molar-refractivity contribution in [3.63, 3.8) is 0 Å². The van der Waals surface area contributed by atoms with Crippen LogP contribution in [0, 0.1) is 20.2 Å². The Morgan fingerprint density at radius 3 is 2.18 bits per heavy atom. The van der Waals surface area contributed by atoms with Crippen LogP contribution in [-0.2, 0) is 13.6 Å². The van der Waals surface area contributed by atoms with Gasteiger partial charge in [0.1, 0.15) is 5.75 Å². The Hall–Kier alpha value is -2.72. The van der Waals surface area contributed by atoms with E-state index in [-0.39, 0.29) is 22.3 Å². The fourth-order valence-electron chi connectivity index (χ4n) is 2.00. The summed E-state index contributed by atoms with van der Waals surface area (Å²) in [5.41, 5.74) is -0.826. The van der Waals surface area contributed by atoms with Crippen LogP contribution in [0.5, 0.6) is 17.2 Å². The van der Waals surface area contributed by atoms with E-state index in [4.69, 9.17) is 30.1 Å². The summed E-state index contributed by atoms with van der Waals surface area (Å²) in [6, 6.07) is 7.22. The van der Waals surface area contributed by atoms with Crippen molar-refractivity contribution in [1.82, 2.24) is 0 Å². The van der Waals surface area contributed by atoms with Crippen molar-refractivity contribution in [2.45, 2.75) is 0 Å². The van der Waals surface area contributed by atoms with E-state index >= 15 is 0 Å². The first kappa shape index (κ1) is 21.6. The van der Waals surface area contributed by atoms with E-state index in [9.17, 15) is 24.8 Å². The molecule has 2 aromatic rings. The lowest BCUT2D eigenvalue weighted by Crippen LogP contribution is -2.04. The fourth-order valence-corrected chi connectivity index (χ4v) is 2.82. The van der Waals surface area contributed by atoms with E-state index in [2.05, 4.69) is 0 Å². The largest absolute Gasteiger partial charge is 0.474 e. The molecule has 0 saturated carbocycles. The van der Waals surface area contributed by atoms with Gasteiger partial charge in [0.05, 0.1) is 9.85 Å². The average Bonchev–Trinajstić information content (AvgIpc) is 2.67. The third kappa shape index (κ3) is 5.17. The van der Waals surface area contributed by atoms with Crippen molar-refractivity contribution in [3.8, 4) is 17.2 Å². The molecule has 150 valence electrons. The standard InChI is InChI=1S/C15H14ClN2O9P/c1-24-28(23,25-2)9-26-15-8-11(4-5-12(15)17(19)20)27-14-6-3-10(16)7-13(14)18(21)22/h3-8H,9H2,1-2H3. The number of hydrogen-bond acceptors (Lipinski definition) is 9. The molecular formula is C15H14ClN2O9P. The predicted octanol–water partition coefficient (Wildman–Crippen LogP) is 4.77. The molecule has 28 heavy (non-hydrogen) atoms. The molecule has 0 saturated heterocycles. The highest BCUT2D eigenvalue weighted by Gasteiger charge is 2.26. The van der Waals surface area contributed by atoms with Crippen LogP contribution in [0.25, 0.3) is 0 Å². The summed E-state index contributed by atoms with van der Waals surface area (Å²) in [6.07, 6.45) is -0.592. The Balaban J connectivity index is 2.36. The zero-order chi connectivity index (χ0) is 20.9. The lowest BCUT2D eigenvalue weighted by molar-refractivity contribution is -0.385. The van der Waals surface area contributed by atoms with Gasteiger partial charge in [0.2, 0.25) is 11.5 Å². The molecule has 0 fully saturated rings. The van der Waals surface area contributed by atoms with Crippen LogP contribution >= 0.6 is 19.2 Å². The van der Waals surface area contributed by atoms with Crippen LogP contribution in [0.2, 0.25) is 5.02 Å². The molecule has 0 aliphatic carbocycles. The van der Waals surface area contributed by atoms with Crippen molar-refractivity contribution < 1.29 is 32.9 Å². The summed E-state index contributed by atoms with van der Waals surface area (Å²) in [5.74, 6) is -0.405. The molecule has 0 bridgehead atoms. The molecular weight excluding hydrogens is 419 g/mol. The van der Waals surface area contributed by atoms with Crippen molar-refractivity contribution in [1.29, 1.82) is 0 Å².